The Morgan fingerprint density at radius 1 is 1.18 bits per heavy atom. The van der Waals surface area contributed by atoms with Crippen molar-refractivity contribution in [3.05, 3.63) is 60.0 Å². The van der Waals surface area contributed by atoms with Crippen molar-refractivity contribution in [2.45, 2.75) is 24.7 Å². The molecule has 33 heavy (non-hydrogen) atoms. The van der Waals surface area contributed by atoms with Crippen LogP contribution in [0, 0.1) is 12.7 Å². The van der Waals surface area contributed by atoms with Crippen LogP contribution < -0.4 is 10.1 Å². The number of nitrogens with zero attached hydrogens (tertiary/aromatic N) is 3. The van der Waals surface area contributed by atoms with Crippen LogP contribution in [0.15, 0.2) is 53.4 Å². The number of anilines is 1. The van der Waals surface area contributed by atoms with E-state index in [4.69, 9.17) is 4.74 Å². The Morgan fingerprint density at radius 2 is 1.94 bits per heavy atom. The molecule has 0 spiro atoms. The van der Waals surface area contributed by atoms with Gasteiger partial charge in [0.2, 0.25) is 11.0 Å². The molecule has 172 valence electrons. The fourth-order valence-electron chi connectivity index (χ4n) is 3.24. The van der Waals surface area contributed by atoms with Crippen LogP contribution in [0.4, 0.5) is 10.2 Å². The first-order valence-electron chi connectivity index (χ1n) is 10.0. The SMILES string of the molecule is COc1ccc(S(=O)(=O)CCCC(=O)Nc2cc(C)nn2-c2nc3ccc(F)cc3s2)cc1. The summed E-state index contributed by atoms with van der Waals surface area (Å²) in [6.45, 7) is 1.78. The van der Waals surface area contributed by atoms with E-state index in [1.54, 1.807) is 31.2 Å². The highest BCUT2D eigenvalue weighted by molar-refractivity contribution is 7.91. The molecule has 0 aliphatic carbocycles. The molecule has 8 nitrogen and oxygen atoms in total. The second-order valence-electron chi connectivity index (χ2n) is 7.34. The number of nitrogens with one attached hydrogen (secondary N) is 1. The topological polar surface area (TPSA) is 103 Å². The van der Waals surface area contributed by atoms with Crippen LogP contribution in [0.25, 0.3) is 15.3 Å². The summed E-state index contributed by atoms with van der Waals surface area (Å²) in [5.74, 6) is 0.128. The minimum absolute atomic E-state index is 0.0185. The first-order chi connectivity index (χ1) is 15.7. The lowest BCUT2D eigenvalue weighted by Crippen LogP contribution is -2.16. The summed E-state index contributed by atoms with van der Waals surface area (Å²) in [4.78, 5) is 17.1. The van der Waals surface area contributed by atoms with Gasteiger partial charge in [0.1, 0.15) is 17.4 Å². The highest BCUT2D eigenvalue weighted by Crippen LogP contribution is 2.28. The van der Waals surface area contributed by atoms with Crippen LogP contribution in [0.1, 0.15) is 18.5 Å². The quantitative estimate of drug-likeness (QED) is 0.400. The predicted octanol–water partition coefficient (Wildman–Crippen LogP) is 4.13. The number of carbonyl (C=O) groups is 1. The van der Waals surface area contributed by atoms with Gasteiger partial charge in [-0.2, -0.15) is 9.78 Å². The summed E-state index contributed by atoms with van der Waals surface area (Å²) in [6.07, 6.45) is 0.179. The van der Waals surface area contributed by atoms with Crippen molar-refractivity contribution in [2.24, 2.45) is 0 Å². The second kappa shape index (κ2) is 9.28. The zero-order chi connectivity index (χ0) is 23.6. The molecule has 0 saturated heterocycles. The van der Waals surface area contributed by atoms with E-state index in [1.165, 1.54) is 47.4 Å². The van der Waals surface area contributed by atoms with Gasteiger partial charge in [0.05, 0.1) is 33.7 Å². The zero-order valence-electron chi connectivity index (χ0n) is 17.9. The lowest BCUT2D eigenvalue weighted by Gasteiger charge is -2.08. The van der Waals surface area contributed by atoms with E-state index in [0.29, 0.717) is 32.6 Å². The molecule has 2 aromatic carbocycles. The fourth-order valence-corrected chi connectivity index (χ4v) is 5.51. The maximum absolute atomic E-state index is 13.5. The number of carbonyl (C=O) groups excluding carboxylic acids is 1. The number of hydrogen-bond acceptors (Lipinski definition) is 7. The van der Waals surface area contributed by atoms with Crippen molar-refractivity contribution >= 4 is 43.1 Å². The molecule has 0 aliphatic rings. The molecule has 2 heterocycles. The third kappa shape index (κ3) is 5.20. The molecule has 0 bridgehead atoms. The van der Waals surface area contributed by atoms with Gasteiger partial charge in [0, 0.05) is 12.5 Å². The molecule has 4 aromatic rings. The molecule has 11 heteroatoms. The maximum atomic E-state index is 13.5. The van der Waals surface area contributed by atoms with Crippen molar-refractivity contribution in [2.75, 3.05) is 18.2 Å². The van der Waals surface area contributed by atoms with E-state index in [1.807, 2.05) is 0 Å². The number of halogens is 1. The van der Waals surface area contributed by atoms with Gasteiger partial charge >= 0.3 is 0 Å². The average molecular weight is 489 g/mol. The van der Waals surface area contributed by atoms with Crippen molar-refractivity contribution in [1.82, 2.24) is 14.8 Å². The number of benzene rings is 2. The Morgan fingerprint density at radius 3 is 2.67 bits per heavy atom. The fraction of sp³-hybridized carbons (Fsp3) is 0.227. The van der Waals surface area contributed by atoms with E-state index >= 15 is 0 Å². The van der Waals surface area contributed by atoms with Gasteiger partial charge in [-0.3, -0.25) is 4.79 Å². The van der Waals surface area contributed by atoms with Crippen LogP contribution in [0.3, 0.4) is 0 Å². The van der Waals surface area contributed by atoms with E-state index in [-0.39, 0.29) is 35.2 Å². The van der Waals surface area contributed by atoms with E-state index in [9.17, 15) is 17.6 Å². The van der Waals surface area contributed by atoms with Crippen molar-refractivity contribution in [3.8, 4) is 10.9 Å². The minimum Gasteiger partial charge on any atom is -0.497 e. The number of aryl methyl sites for hydroxylation is 1. The number of amides is 1. The van der Waals surface area contributed by atoms with E-state index in [0.717, 1.165) is 0 Å². The number of fused-ring (bicyclic) bond motifs is 1. The molecule has 0 atom stereocenters. The standard InChI is InChI=1S/C22H21FN4O4S2/c1-14-12-20(27(26-14)22-24-18-10-5-15(23)13-19(18)32-22)25-21(28)4-3-11-33(29,30)17-8-6-16(31-2)7-9-17/h5-10,12-13H,3-4,11H2,1-2H3,(H,25,28). The lowest BCUT2D eigenvalue weighted by molar-refractivity contribution is -0.116. The summed E-state index contributed by atoms with van der Waals surface area (Å²) in [7, 11) is -2.01. The molecule has 0 aliphatic heterocycles. The van der Waals surface area contributed by atoms with Crippen molar-refractivity contribution < 1.29 is 22.3 Å². The first-order valence-corrected chi connectivity index (χ1v) is 12.5. The highest BCUT2D eigenvalue weighted by Gasteiger charge is 2.17. The minimum atomic E-state index is -3.51. The van der Waals surface area contributed by atoms with Crippen LogP contribution in [0.5, 0.6) is 5.75 Å². The molecular weight excluding hydrogens is 467 g/mol. The summed E-state index contributed by atoms with van der Waals surface area (Å²) in [5, 5.41) is 7.63. The normalized spacial score (nSPS) is 11.6. The third-order valence-corrected chi connectivity index (χ3v) is 7.67. The largest absolute Gasteiger partial charge is 0.497 e. The van der Waals surface area contributed by atoms with E-state index in [2.05, 4.69) is 15.4 Å². The molecule has 4 rings (SSSR count). The first kappa shape index (κ1) is 22.9. The Labute approximate surface area is 194 Å². The molecule has 1 N–H and O–H groups in total. The van der Waals surface area contributed by atoms with Gasteiger partial charge in [-0.05, 0) is 55.8 Å². The molecule has 2 aromatic heterocycles. The molecule has 0 unspecified atom stereocenters. The third-order valence-electron chi connectivity index (χ3n) is 4.85. The maximum Gasteiger partial charge on any atom is 0.225 e. The van der Waals surface area contributed by atoms with Gasteiger partial charge < -0.3 is 10.1 Å². The highest BCUT2D eigenvalue weighted by atomic mass is 32.2. The van der Waals surface area contributed by atoms with Crippen LogP contribution in [0.2, 0.25) is 0 Å². The van der Waals surface area contributed by atoms with Crippen molar-refractivity contribution in [1.29, 1.82) is 0 Å². The van der Waals surface area contributed by atoms with Gasteiger partial charge in [0.25, 0.3) is 0 Å². The van der Waals surface area contributed by atoms with E-state index < -0.39 is 9.84 Å². The summed E-state index contributed by atoms with van der Waals surface area (Å²) >= 11 is 1.25. The second-order valence-corrected chi connectivity index (χ2v) is 10.5. The monoisotopic (exact) mass is 488 g/mol. The van der Waals surface area contributed by atoms with Gasteiger partial charge in [-0.15, -0.1) is 0 Å². The molecule has 0 fully saturated rings. The molecule has 0 saturated carbocycles. The Hall–Kier alpha value is -3.31. The summed E-state index contributed by atoms with van der Waals surface area (Å²) in [5.41, 5.74) is 1.29. The van der Waals surface area contributed by atoms with Crippen molar-refractivity contribution in [3.63, 3.8) is 0 Å². The molecular formula is C22H21FN4O4S2. The average Bonchev–Trinajstić information content (AvgIpc) is 3.35. The number of rotatable bonds is 8. The lowest BCUT2D eigenvalue weighted by atomic mass is 10.3. The summed E-state index contributed by atoms with van der Waals surface area (Å²) < 4.78 is 45.7. The zero-order valence-corrected chi connectivity index (χ0v) is 19.5. The van der Waals surface area contributed by atoms with Crippen LogP contribution >= 0.6 is 11.3 Å². The molecule has 0 radical (unpaired) electrons. The number of aromatic nitrogens is 3. The number of ether oxygens (including phenoxy) is 1. The Kier molecular flexibility index (Phi) is 6.43. The Balaban J connectivity index is 1.41. The van der Waals surface area contributed by atoms with Gasteiger partial charge in [0.15, 0.2) is 9.84 Å². The summed E-state index contributed by atoms with van der Waals surface area (Å²) in [6, 6.07) is 12.1. The van der Waals surface area contributed by atoms with Crippen LogP contribution in [-0.4, -0.2) is 42.0 Å². The smallest absolute Gasteiger partial charge is 0.225 e. The number of thiazole rings is 1. The Bertz CT molecular complexity index is 1410. The van der Waals surface area contributed by atoms with Gasteiger partial charge in [-0.1, -0.05) is 11.3 Å². The van der Waals surface area contributed by atoms with Gasteiger partial charge in [-0.25, -0.2) is 17.8 Å². The molecule has 1 amide bonds. The van der Waals surface area contributed by atoms with Crippen LogP contribution in [-0.2, 0) is 14.6 Å². The predicted molar refractivity (Wildman–Crippen MR) is 124 cm³/mol. The number of hydrogen-bond donors (Lipinski definition) is 1. The number of sulfone groups is 1. The number of methoxy groups -OCH3 is 1.